The molecular formula is C12H14INO2. The van der Waals surface area contributed by atoms with Crippen molar-refractivity contribution in [3.05, 3.63) is 40.5 Å². The van der Waals surface area contributed by atoms with Gasteiger partial charge in [-0.2, -0.15) is 0 Å². The smallest absolute Gasteiger partial charge is 0.261 e. The molecule has 1 amide bonds. The second-order valence-electron chi connectivity index (χ2n) is 3.25. The molecule has 1 aromatic carbocycles. The summed E-state index contributed by atoms with van der Waals surface area (Å²) >= 11 is 2.20. The number of ether oxygens (including phenoxy) is 1. The summed E-state index contributed by atoms with van der Waals surface area (Å²) in [7, 11) is 0. The standard InChI is InChI=1S/C12H14INO2/c1-3-7-14-12(15)9(2)16-11-6-4-5-10(13)8-11/h3-6,8-9H,1,7H2,2H3,(H,14,15). The van der Waals surface area contributed by atoms with Crippen LogP contribution in [0.1, 0.15) is 6.92 Å². The molecule has 1 unspecified atom stereocenters. The van der Waals surface area contributed by atoms with Crippen LogP contribution in [-0.4, -0.2) is 18.6 Å². The molecule has 16 heavy (non-hydrogen) atoms. The quantitative estimate of drug-likeness (QED) is 0.665. The number of amides is 1. The van der Waals surface area contributed by atoms with Crippen molar-refractivity contribution in [2.24, 2.45) is 0 Å². The highest BCUT2D eigenvalue weighted by Crippen LogP contribution is 2.16. The zero-order valence-corrected chi connectivity index (χ0v) is 11.2. The number of hydrogen-bond acceptors (Lipinski definition) is 2. The zero-order valence-electron chi connectivity index (χ0n) is 9.07. The van der Waals surface area contributed by atoms with Crippen molar-refractivity contribution < 1.29 is 9.53 Å². The Labute approximate surface area is 109 Å². The Kier molecular flexibility index (Phi) is 5.31. The minimum absolute atomic E-state index is 0.140. The molecule has 0 aliphatic carbocycles. The SMILES string of the molecule is C=CCNC(=O)C(C)Oc1cccc(I)c1. The first-order chi connectivity index (χ1) is 7.63. The Morgan fingerprint density at radius 1 is 1.69 bits per heavy atom. The van der Waals surface area contributed by atoms with E-state index in [1.807, 2.05) is 24.3 Å². The Balaban J connectivity index is 2.53. The normalized spacial score (nSPS) is 11.6. The van der Waals surface area contributed by atoms with Gasteiger partial charge in [0.25, 0.3) is 5.91 Å². The van der Waals surface area contributed by atoms with E-state index in [9.17, 15) is 4.79 Å². The number of halogens is 1. The molecule has 86 valence electrons. The van der Waals surface area contributed by atoms with Gasteiger partial charge in [0.2, 0.25) is 0 Å². The van der Waals surface area contributed by atoms with E-state index in [1.54, 1.807) is 13.0 Å². The van der Waals surface area contributed by atoms with Gasteiger partial charge in [-0.15, -0.1) is 6.58 Å². The van der Waals surface area contributed by atoms with Gasteiger partial charge in [-0.05, 0) is 47.7 Å². The summed E-state index contributed by atoms with van der Waals surface area (Å²) in [4.78, 5) is 11.5. The van der Waals surface area contributed by atoms with Crippen LogP contribution in [0.25, 0.3) is 0 Å². The molecule has 0 bridgehead atoms. The van der Waals surface area contributed by atoms with E-state index >= 15 is 0 Å². The predicted octanol–water partition coefficient (Wildman–Crippen LogP) is 2.36. The number of rotatable bonds is 5. The largest absolute Gasteiger partial charge is 0.481 e. The van der Waals surface area contributed by atoms with Crippen molar-refractivity contribution in [1.82, 2.24) is 5.32 Å². The molecule has 0 fully saturated rings. The molecule has 1 aromatic rings. The van der Waals surface area contributed by atoms with Crippen molar-refractivity contribution in [3.8, 4) is 5.75 Å². The maximum absolute atomic E-state index is 11.5. The van der Waals surface area contributed by atoms with Gasteiger partial charge in [0, 0.05) is 10.1 Å². The van der Waals surface area contributed by atoms with Crippen LogP contribution in [0.4, 0.5) is 0 Å². The first kappa shape index (κ1) is 13.0. The predicted molar refractivity (Wildman–Crippen MR) is 72.5 cm³/mol. The fourth-order valence-corrected chi connectivity index (χ4v) is 1.63. The summed E-state index contributed by atoms with van der Waals surface area (Å²) < 4.78 is 6.58. The molecule has 1 rings (SSSR count). The van der Waals surface area contributed by atoms with E-state index < -0.39 is 6.10 Å². The molecule has 3 nitrogen and oxygen atoms in total. The summed E-state index contributed by atoms with van der Waals surface area (Å²) in [5, 5.41) is 2.68. The van der Waals surface area contributed by atoms with Gasteiger partial charge < -0.3 is 10.1 Å². The lowest BCUT2D eigenvalue weighted by Crippen LogP contribution is -2.36. The second-order valence-corrected chi connectivity index (χ2v) is 4.50. The van der Waals surface area contributed by atoms with Gasteiger partial charge in [-0.3, -0.25) is 4.79 Å². The van der Waals surface area contributed by atoms with E-state index in [2.05, 4.69) is 34.5 Å². The van der Waals surface area contributed by atoms with E-state index in [4.69, 9.17) is 4.74 Å². The highest BCUT2D eigenvalue weighted by atomic mass is 127. The van der Waals surface area contributed by atoms with Gasteiger partial charge in [0.05, 0.1) is 0 Å². The summed E-state index contributed by atoms with van der Waals surface area (Å²) in [6.07, 6.45) is 1.13. The third-order valence-corrected chi connectivity index (χ3v) is 2.57. The summed E-state index contributed by atoms with van der Waals surface area (Å²) in [5.41, 5.74) is 0. The van der Waals surface area contributed by atoms with Gasteiger partial charge in [0.1, 0.15) is 5.75 Å². The summed E-state index contributed by atoms with van der Waals surface area (Å²) in [6, 6.07) is 7.58. The first-order valence-electron chi connectivity index (χ1n) is 4.94. The molecule has 4 heteroatoms. The lowest BCUT2D eigenvalue weighted by atomic mass is 10.3. The summed E-state index contributed by atoms with van der Waals surface area (Å²) in [5.74, 6) is 0.562. The second kappa shape index (κ2) is 6.52. The fraction of sp³-hybridized carbons (Fsp3) is 0.250. The fourth-order valence-electron chi connectivity index (χ4n) is 1.11. The molecule has 0 aromatic heterocycles. The van der Waals surface area contributed by atoms with Crippen LogP contribution in [0.15, 0.2) is 36.9 Å². The van der Waals surface area contributed by atoms with Gasteiger partial charge in [-0.1, -0.05) is 12.1 Å². The van der Waals surface area contributed by atoms with E-state index in [0.717, 1.165) is 3.57 Å². The third kappa shape index (κ3) is 4.22. The van der Waals surface area contributed by atoms with Crippen LogP contribution in [0, 0.1) is 3.57 Å². The Morgan fingerprint density at radius 2 is 2.44 bits per heavy atom. The van der Waals surface area contributed by atoms with Crippen LogP contribution < -0.4 is 10.1 Å². The van der Waals surface area contributed by atoms with Crippen molar-refractivity contribution in [2.75, 3.05) is 6.54 Å². The van der Waals surface area contributed by atoms with Gasteiger partial charge in [-0.25, -0.2) is 0 Å². The molecule has 0 spiro atoms. The van der Waals surface area contributed by atoms with Gasteiger partial charge >= 0.3 is 0 Å². The molecule has 0 heterocycles. The number of nitrogens with one attached hydrogen (secondary N) is 1. The monoisotopic (exact) mass is 331 g/mol. The van der Waals surface area contributed by atoms with E-state index in [1.165, 1.54) is 0 Å². The minimum atomic E-state index is -0.502. The van der Waals surface area contributed by atoms with Crippen molar-refractivity contribution in [1.29, 1.82) is 0 Å². The van der Waals surface area contributed by atoms with Crippen LogP contribution >= 0.6 is 22.6 Å². The topological polar surface area (TPSA) is 38.3 Å². The highest BCUT2D eigenvalue weighted by molar-refractivity contribution is 14.1. The zero-order chi connectivity index (χ0) is 12.0. The van der Waals surface area contributed by atoms with Crippen molar-refractivity contribution in [2.45, 2.75) is 13.0 Å². The maximum atomic E-state index is 11.5. The number of carbonyl (C=O) groups is 1. The van der Waals surface area contributed by atoms with E-state index in [0.29, 0.717) is 12.3 Å². The van der Waals surface area contributed by atoms with Crippen LogP contribution in [-0.2, 0) is 4.79 Å². The molecule has 0 saturated carbocycles. The number of benzene rings is 1. The molecule has 0 aliphatic heterocycles. The number of carbonyl (C=O) groups excluding carboxylic acids is 1. The lowest BCUT2D eigenvalue weighted by molar-refractivity contribution is -0.127. The highest BCUT2D eigenvalue weighted by Gasteiger charge is 2.13. The third-order valence-electron chi connectivity index (χ3n) is 1.90. The molecule has 0 radical (unpaired) electrons. The Hall–Kier alpha value is -1.04. The van der Waals surface area contributed by atoms with Crippen LogP contribution in [0.5, 0.6) is 5.75 Å². The average Bonchev–Trinajstić information content (AvgIpc) is 2.25. The maximum Gasteiger partial charge on any atom is 0.261 e. The Morgan fingerprint density at radius 3 is 3.06 bits per heavy atom. The van der Waals surface area contributed by atoms with Gasteiger partial charge in [0.15, 0.2) is 6.10 Å². The minimum Gasteiger partial charge on any atom is -0.481 e. The Bertz CT molecular complexity index is 379. The van der Waals surface area contributed by atoms with Crippen molar-refractivity contribution in [3.63, 3.8) is 0 Å². The molecule has 1 atom stereocenters. The van der Waals surface area contributed by atoms with Crippen molar-refractivity contribution >= 4 is 28.5 Å². The molecule has 0 aliphatic rings. The average molecular weight is 331 g/mol. The molecular weight excluding hydrogens is 317 g/mol. The first-order valence-corrected chi connectivity index (χ1v) is 6.02. The molecule has 1 N–H and O–H groups in total. The van der Waals surface area contributed by atoms with Crippen LogP contribution in [0.2, 0.25) is 0 Å². The number of hydrogen-bond donors (Lipinski definition) is 1. The molecule has 0 saturated heterocycles. The lowest BCUT2D eigenvalue weighted by Gasteiger charge is -2.14. The summed E-state index contributed by atoms with van der Waals surface area (Å²) in [6.45, 7) is 5.71. The van der Waals surface area contributed by atoms with E-state index in [-0.39, 0.29) is 5.91 Å². The van der Waals surface area contributed by atoms with Crippen LogP contribution in [0.3, 0.4) is 0 Å².